The Morgan fingerprint density at radius 1 is 1.00 bits per heavy atom. The third-order valence-electron chi connectivity index (χ3n) is 3.70. The third kappa shape index (κ3) is 2.73. The molecule has 3 aromatic rings. The molecule has 0 aliphatic heterocycles. The molecule has 0 aliphatic rings. The molecule has 1 aromatic heterocycles. The highest BCUT2D eigenvalue weighted by atomic mass is 16.5. The standard InChI is InChI=1S/C18H18N2O/c1-19-18(13-5-8-16(21-2)9-6-13)15-7-10-17-14(12-15)4-3-11-20-17/h3-12,18-19H,1-2H3. The minimum Gasteiger partial charge on any atom is -0.497 e. The van der Waals surface area contributed by atoms with Gasteiger partial charge in [-0.05, 0) is 48.5 Å². The van der Waals surface area contributed by atoms with Crippen molar-refractivity contribution >= 4 is 10.9 Å². The number of rotatable bonds is 4. The lowest BCUT2D eigenvalue weighted by molar-refractivity contribution is 0.414. The number of methoxy groups -OCH3 is 1. The average Bonchev–Trinajstić information content (AvgIpc) is 2.56. The first-order valence-corrected chi connectivity index (χ1v) is 6.97. The smallest absolute Gasteiger partial charge is 0.118 e. The molecule has 0 aliphatic carbocycles. The van der Waals surface area contributed by atoms with Crippen molar-refractivity contribution in [2.45, 2.75) is 6.04 Å². The first-order chi connectivity index (χ1) is 10.3. The summed E-state index contributed by atoms with van der Waals surface area (Å²) in [4.78, 5) is 4.37. The molecule has 0 fully saturated rings. The normalized spacial score (nSPS) is 12.3. The van der Waals surface area contributed by atoms with E-state index in [1.165, 1.54) is 11.1 Å². The van der Waals surface area contributed by atoms with Gasteiger partial charge in [0.05, 0.1) is 18.7 Å². The zero-order chi connectivity index (χ0) is 14.7. The second kappa shape index (κ2) is 5.94. The number of pyridine rings is 1. The summed E-state index contributed by atoms with van der Waals surface area (Å²) in [6.07, 6.45) is 1.82. The number of hydrogen-bond acceptors (Lipinski definition) is 3. The van der Waals surface area contributed by atoms with Crippen LogP contribution >= 0.6 is 0 Å². The van der Waals surface area contributed by atoms with E-state index in [9.17, 15) is 0 Å². The summed E-state index contributed by atoms with van der Waals surface area (Å²) in [7, 11) is 3.66. The lowest BCUT2D eigenvalue weighted by Crippen LogP contribution is -2.17. The highest BCUT2D eigenvalue weighted by Gasteiger charge is 2.12. The van der Waals surface area contributed by atoms with E-state index in [2.05, 4.69) is 46.7 Å². The molecule has 0 saturated heterocycles. The zero-order valence-electron chi connectivity index (χ0n) is 12.2. The van der Waals surface area contributed by atoms with Gasteiger partial charge in [0.2, 0.25) is 0 Å². The van der Waals surface area contributed by atoms with Crippen LogP contribution in [0.25, 0.3) is 10.9 Å². The van der Waals surface area contributed by atoms with Gasteiger partial charge in [-0.3, -0.25) is 4.98 Å². The van der Waals surface area contributed by atoms with Gasteiger partial charge >= 0.3 is 0 Å². The Morgan fingerprint density at radius 2 is 1.76 bits per heavy atom. The molecule has 1 heterocycles. The van der Waals surface area contributed by atoms with Gasteiger partial charge in [0.15, 0.2) is 0 Å². The summed E-state index contributed by atoms with van der Waals surface area (Å²) in [5.41, 5.74) is 3.45. The summed E-state index contributed by atoms with van der Waals surface area (Å²) >= 11 is 0. The molecule has 3 rings (SSSR count). The number of hydrogen-bond donors (Lipinski definition) is 1. The molecule has 0 amide bonds. The number of benzene rings is 2. The second-order valence-corrected chi connectivity index (χ2v) is 4.95. The third-order valence-corrected chi connectivity index (χ3v) is 3.70. The molecule has 0 bridgehead atoms. The Balaban J connectivity index is 2.00. The minimum atomic E-state index is 0.153. The lowest BCUT2D eigenvalue weighted by atomic mass is 9.97. The Kier molecular flexibility index (Phi) is 3.84. The number of nitrogens with one attached hydrogen (secondary N) is 1. The molecule has 106 valence electrons. The van der Waals surface area contributed by atoms with Crippen LogP contribution in [-0.2, 0) is 0 Å². The van der Waals surface area contributed by atoms with E-state index in [1.54, 1.807) is 7.11 Å². The van der Waals surface area contributed by atoms with Crippen molar-refractivity contribution < 1.29 is 4.74 Å². The lowest BCUT2D eigenvalue weighted by Gasteiger charge is -2.18. The Bertz CT molecular complexity index is 738. The van der Waals surface area contributed by atoms with Crippen molar-refractivity contribution in [3.8, 4) is 5.75 Å². The van der Waals surface area contributed by atoms with Crippen molar-refractivity contribution in [1.82, 2.24) is 10.3 Å². The maximum atomic E-state index is 5.22. The second-order valence-electron chi connectivity index (χ2n) is 4.95. The van der Waals surface area contributed by atoms with Crippen LogP contribution in [0, 0.1) is 0 Å². The predicted molar refractivity (Wildman–Crippen MR) is 85.6 cm³/mol. The SMILES string of the molecule is CNC(c1ccc(OC)cc1)c1ccc2ncccc2c1. The number of aromatic nitrogens is 1. The van der Waals surface area contributed by atoms with E-state index in [4.69, 9.17) is 4.74 Å². The van der Waals surface area contributed by atoms with Crippen LogP contribution in [-0.4, -0.2) is 19.1 Å². The summed E-state index contributed by atoms with van der Waals surface area (Å²) in [5.74, 6) is 0.872. The largest absolute Gasteiger partial charge is 0.497 e. The maximum Gasteiger partial charge on any atom is 0.118 e. The van der Waals surface area contributed by atoms with Crippen molar-refractivity contribution in [2.75, 3.05) is 14.2 Å². The molecular formula is C18H18N2O. The Hall–Kier alpha value is -2.39. The molecule has 21 heavy (non-hydrogen) atoms. The van der Waals surface area contributed by atoms with E-state index < -0.39 is 0 Å². The maximum absolute atomic E-state index is 5.22. The van der Waals surface area contributed by atoms with Gasteiger partial charge < -0.3 is 10.1 Å². The van der Waals surface area contributed by atoms with Crippen molar-refractivity contribution in [1.29, 1.82) is 0 Å². The van der Waals surface area contributed by atoms with E-state index in [-0.39, 0.29) is 6.04 Å². The van der Waals surface area contributed by atoms with Gasteiger partial charge in [0, 0.05) is 11.6 Å². The molecule has 0 spiro atoms. The summed E-state index contributed by atoms with van der Waals surface area (Å²) in [6, 6.07) is 18.7. The first kappa shape index (κ1) is 13.6. The van der Waals surface area contributed by atoms with Crippen LogP contribution in [0.4, 0.5) is 0 Å². The molecule has 0 radical (unpaired) electrons. The number of fused-ring (bicyclic) bond motifs is 1. The predicted octanol–water partition coefficient (Wildman–Crippen LogP) is 3.55. The van der Waals surface area contributed by atoms with E-state index in [0.717, 1.165) is 16.7 Å². The highest BCUT2D eigenvalue weighted by molar-refractivity contribution is 5.79. The minimum absolute atomic E-state index is 0.153. The average molecular weight is 278 g/mol. The monoisotopic (exact) mass is 278 g/mol. The molecule has 1 N–H and O–H groups in total. The van der Waals surface area contributed by atoms with Gasteiger partial charge in [-0.15, -0.1) is 0 Å². The van der Waals surface area contributed by atoms with Crippen LogP contribution in [0.1, 0.15) is 17.2 Å². The zero-order valence-corrected chi connectivity index (χ0v) is 12.2. The fourth-order valence-electron chi connectivity index (χ4n) is 2.60. The Morgan fingerprint density at radius 3 is 2.48 bits per heavy atom. The highest BCUT2D eigenvalue weighted by Crippen LogP contribution is 2.26. The molecule has 3 nitrogen and oxygen atoms in total. The summed E-state index contributed by atoms with van der Waals surface area (Å²) < 4.78 is 5.22. The summed E-state index contributed by atoms with van der Waals surface area (Å²) in [6.45, 7) is 0. The van der Waals surface area contributed by atoms with Crippen molar-refractivity contribution in [2.24, 2.45) is 0 Å². The van der Waals surface area contributed by atoms with Gasteiger partial charge in [0.25, 0.3) is 0 Å². The molecule has 3 heteroatoms. The van der Waals surface area contributed by atoms with Gasteiger partial charge in [-0.2, -0.15) is 0 Å². The van der Waals surface area contributed by atoms with Crippen LogP contribution < -0.4 is 10.1 Å². The first-order valence-electron chi connectivity index (χ1n) is 6.97. The molecule has 1 unspecified atom stereocenters. The number of nitrogens with zero attached hydrogens (tertiary/aromatic N) is 1. The molecule has 0 saturated carbocycles. The topological polar surface area (TPSA) is 34.1 Å². The van der Waals surface area contributed by atoms with Gasteiger partial charge in [-0.1, -0.05) is 24.3 Å². The van der Waals surface area contributed by atoms with Crippen molar-refractivity contribution in [3.05, 3.63) is 71.9 Å². The van der Waals surface area contributed by atoms with Crippen LogP contribution in [0.3, 0.4) is 0 Å². The van der Waals surface area contributed by atoms with E-state index in [0.29, 0.717) is 0 Å². The molecular weight excluding hydrogens is 260 g/mol. The molecule has 2 aromatic carbocycles. The fourth-order valence-corrected chi connectivity index (χ4v) is 2.60. The Labute approximate surface area is 124 Å². The van der Waals surface area contributed by atoms with E-state index in [1.807, 2.05) is 31.4 Å². The van der Waals surface area contributed by atoms with Crippen molar-refractivity contribution in [3.63, 3.8) is 0 Å². The van der Waals surface area contributed by atoms with Crippen LogP contribution in [0.5, 0.6) is 5.75 Å². The quantitative estimate of drug-likeness (QED) is 0.792. The number of ether oxygens (including phenoxy) is 1. The fraction of sp³-hybridized carbons (Fsp3) is 0.167. The van der Waals surface area contributed by atoms with Gasteiger partial charge in [-0.25, -0.2) is 0 Å². The van der Waals surface area contributed by atoms with Crippen LogP contribution in [0.2, 0.25) is 0 Å². The summed E-state index contributed by atoms with van der Waals surface area (Å²) in [5, 5.41) is 4.53. The van der Waals surface area contributed by atoms with Crippen LogP contribution in [0.15, 0.2) is 60.8 Å². The van der Waals surface area contributed by atoms with E-state index >= 15 is 0 Å². The van der Waals surface area contributed by atoms with Gasteiger partial charge in [0.1, 0.15) is 5.75 Å². The molecule has 1 atom stereocenters.